The zero-order chi connectivity index (χ0) is 16.2. The topological polar surface area (TPSA) is 78.8 Å². The van der Waals surface area contributed by atoms with E-state index in [1.165, 1.54) is 0 Å². The summed E-state index contributed by atoms with van der Waals surface area (Å²) in [5, 5.41) is 13.2. The highest BCUT2D eigenvalue weighted by atomic mass is 15.4. The minimum atomic E-state index is 0.354. The number of hydrazone groups is 1. The Bertz CT molecular complexity index is 991. The molecular weight excluding hydrogens is 300 g/mol. The lowest BCUT2D eigenvalue weighted by molar-refractivity contribution is 0.967. The van der Waals surface area contributed by atoms with Gasteiger partial charge in [-0.2, -0.15) is 10.2 Å². The predicted octanol–water partition coefficient (Wildman–Crippen LogP) is 3.47. The van der Waals surface area contributed by atoms with Crippen LogP contribution in [0.2, 0.25) is 0 Å². The summed E-state index contributed by atoms with van der Waals surface area (Å²) in [5.41, 5.74) is 6.62. The van der Waals surface area contributed by atoms with Crippen molar-refractivity contribution in [3.63, 3.8) is 0 Å². The van der Waals surface area contributed by atoms with Crippen molar-refractivity contribution >= 4 is 23.1 Å². The van der Waals surface area contributed by atoms with E-state index < -0.39 is 0 Å². The summed E-state index contributed by atoms with van der Waals surface area (Å²) in [6.07, 6.45) is 5.27. The fraction of sp³-hybridized carbons (Fsp3) is 0. The second-order valence-corrected chi connectivity index (χ2v) is 5.19. The Morgan fingerprint density at radius 1 is 1.00 bits per heavy atom. The first-order valence-corrected chi connectivity index (χ1v) is 7.50. The summed E-state index contributed by atoms with van der Waals surface area (Å²) in [5.74, 6) is 0.354. The number of hydrogen-bond acceptors (Lipinski definition) is 5. The molecule has 0 amide bonds. The molecule has 24 heavy (non-hydrogen) atoms. The number of benzene rings is 2. The fourth-order valence-electron chi connectivity index (χ4n) is 2.46. The molecule has 6 nitrogen and oxygen atoms in total. The minimum absolute atomic E-state index is 0.354. The third-order valence-corrected chi connectivity index (χ3v) is 3.62. The Morgan fingerprint density at radius 3 is 2.75 bits per heavy atom. The third-order valence-electron chi connectivity index (χ3n) is 3.62. The minimum Gasteiger partial charge on any atom is -0.361 e. The molecule has 0 aliphatic carbocycles. The van der Waals surface area contributed by atoms with Gasteiger partial charge in [-0.25, -0.2) is 10.4 Å². The van der Waals surface area contributed by atoms with Crippen LogP contribution in [-0.4, -0.2) is 26.4 Å². The van der Waals surface area contributed by atoms with Crippen molar-refractivity contribution in [3.05, 3.63) is 72.6 Å². The smallest absolute Gasteiger partial charge is 0.263 e. The van der Waals surface area contributed by atoms with Crippen LogP contribution < -0.4 is 5.43 Å². The van der Waals surface area contributed by atoms with E-state index in [0.717, 1.165) is 27.7 Å². The van der Waals surface area contributed by atoms with Crippen molar-refractivity contribution in [1.82, 2.24) is 20.2 Å². The molecule has 2 aromatic carbocycles. The van der Waals surface area contributed by atoms with Gasteiger partial charge in [-0.3, -0.25) is 0 Å². The molecule has 2 heterocycles. The molecule has 2 N–H and O–H groups in total. The number of anilines is 1. The Kier molecular flexibility index (Phi) is 3.69. The van der Waals surface area contributed by atoms with Crippen LogP contribution in [0.4, 0.5) is 5.95 Å². The Labute approximate surface area is 138 Å². The monoisotopic (exact) mass is 314 g/mol. The van der Waals surface area contributed by atoms with Gasteiger partial charge in [0.1, 0.15) is 0 Å². The maximum Gasteiger partial charge on any atom is 0.263 e. The highest BCUT2D eigenvalue weighted by molar-refractivity contribution is 5.99. The quantitative estimate of drug-likeness (QED) is 0.446. The second kappa shape index (κ2) is 6.29. The molecule has 0 saturated heterocycles. The molecule has 0 radical (unpaired) electrons. The van der Waals surface area contributed by atoms with Crippen LogP contribution in [-0.2, 0) is 0 Å². The number of para-hydroxylation sites is 1. The number of rotatable bonds is 4. The number of fused-ring (bicyclic) bond motifs is 1. The van der Waals surface area contributed by atoms with E-state index in [4.69, 9.17) is 0 Å². The average molecular weight is 314 g/mol. The van der Waals surface area contributed by atoms with Gasteiger partial charge in [-0.15, -0.1) is 5.10 Å². The summed E-state index contributed by atoms with van der Waals surface area (Å²) >= 11 is 0. The van der Waals surface area contributed by atoms with E-state index >= 15 is 0 Å². The van der Waals surface area contributed by atoms with Crippen molar-refractivity contribution in [2.24, 2.45) is 5.10 Å². The van der Waals surface area contributed by atoms with E-state index in [-0.39, 0.29) is 0 Å². The van der Waals surface area contributed by atoms with Gasteiger partial charge in [-0.05, 0) is 6.07 Å². The van der Waals surface area contributed by atoms with Crippen LogP contribution in [0.15, 0.2) is 72.1 Å². The van der Waals surface area contributed by atoms with E-state index in [0.29, 0.717) is 5.95 Å². The summed E-state index contributed by atoms with van der Waals surface area (Å²) in [6, 6.07) is 17.9. The van der Waals surface area contributed by atoms with E-state index in [1.54, 1.807) is 12.4 Å². The number of nitrogens with zero attached hydrogens (tertiary/aromatic N) is 4. The van der Waals surface area contributed by atoms with Crippen LogP contribution in [0, 0.1) is 0 Å². The lowest BCUT2D eigenvalue weighted by Gasteiger charge is -2.01. The van der Waals surface area contributed by atoms with Crippen LogP contribution in [0.1, 0.15) is 5.56 Å². The molecule has 0 unspecified atom stereocenters. The molecule has 116 valence electrons. The largest absolute Gasteiger partial charge is 0.361 e. The van der Waals surface area contributed by atoms with Gasteiger partial charge in [0.25, 0.3) is 5.95 Å². The molecule has 0 atom stereocenters. The summed E-state index contributed by atoms with van der Waals surface area (Å²) < 4.78 is 0. The van der Waals surface area contributed by atoms with Crippen molar-refractivity contribution in [2.45, 2.75) is 0 Å². The summed E-state index contributed by atoms with van der Waals surface area (Å²) in [4.78, 5) is 7.62. The number of H-pyrrole nitrogens is 1. The van der Waals surface area contributed by atoms with Crippen molar-refractivity contribution in [1.29, 1.82) is 0 Å². The molecule has 2 aromatic heterocycles. The van der Waals surface area contributed by atoms with Crippen LogP contribution >= 0.6 is 0 Å². The van der Waals surface area contributed by atoms with Gasteiger partial charge in [-0.1, -0.05) is 48.5 Å². The normalized spacial score (nSPS) is 11.2. The molecule has 4 rings (SSSR count). The first-order valence-electron chi connectivity index (χ1n) is 7.50. The van der Waals surface area contributed by atoms with Gasteiger partial charge in [0, 0.05) is 28.2 Å². The van der Waals surface area contributed by atoms with Crippen LogP contribution in [0.3, 0.4) is 0 Å². The Morgan fingerprint density at radius 2 is 1.83 bits per heavy atom. The maximum atomic E-state index is 4.42. The number of aromatic nitrogens is 4. The second-order valence-electron chi connectivity index (χ2n) is 5.19. The molecular formula is C18H14N6. The van der Waals surface area contributed by atoms with Crippen LogP contribution in [0.5, 0.6) is 0 Å². The molecule has 0 aliphatic heterocycles. The van der Waals surface area contributed by atoms with E-state index in [1.807, 2.05) is 60.8 Å². The summed E-state index contributed by atoms with van der Waals surface area (Å²) in [7, 11) is 0. The first-order chi connectivity index (χ1) is 11.9. The van der Waals surface area contributed by atoms with Gasteiger partial charge < -0.3 is 4.98 Å². The highest BCUT2D eigenvalue weighted by Gasteiger charge is 2.02. The van der Waals surface area contributed by atoms with E-state index in [9.17, 15) is 0 Å². The van der Waals surface area contributed by atoms with Gasteiger partial charge >= 0.3 is 0 Å². The van der Waals surface area contributed by atoms with Crippen molar-refractivity contribution < 1.29 is 0 Å². The van der Waals surface area contributed by atoms with E-state index in [2.05, 4.69) is 30.7 Å². The SMILES string of the molecule is C(=N\Nc1nncc(-c2ccccc2)n1)/c1c[nH]c2ccccc12. The zero-order valence-electron chi connectivity index (χ0n) is 12.7. The fourth-order valence-corrected chi connectivity index (χ4v) is 2.46. The number of nitrogens with one attached hydrogen (secondary N) is 2. The lowest BCUT2D eigenvalue weighted by Crippen LogP contribution is -1.99. The number of hydrogen-bond donors (Lipinski definition) is 2. The third kappa shape index (κ3) is 2.85. The highest BCUT2D eigenvalue weighted by Crippen LogP contribution is 2.17. The van der Waals surface area contributed by atoms with Gasteiger partial charge in [0.05, 0.1) is 18.1 Å². The number of aromatic amines is 1. The first kappa shape index (κ1) is 14.1. The molecule has 0 spiro atoms. The summed E-state index contributed by atoms with van der Waals surface area (Å²) in [6.45, 7) is 0. The van der Waals surface area contributed by atoms with Gasteiger partial charge in [0.2, 0.25) is 0 Å². The molecule has 0 fully saturated rings. The molecule has 0 aliphatic rings. The zero-order valence-corrected chi connectivity index (χ0v) is 12.7. The maximum absolute atomic E-state index is 4.42. The molecule has 0 bridgehead atoms. The van der Waals surface area contributed by atoms with Crippen molar-refractivity contribution in [3.8, 4) is 11.3 Å². The van der Waals surface area contributed by atoms with Crippen LogP contribution in [0.25, 0.3) is 22.2 Å². The standard InChI is InChI=1S/C18H14N6/c1-2-6-13(7-3-1)17-12-21-24-18(22-17)23-20-11-14-10-19-16-9-5-4-8-15(14)16/h1-12,19H,(H,22,23,24)/b20-11+. The Hall–Kier alpha value is -3.54. The average Bonchev–Trinajstić information content (AvgIpc) is 3.06. The molecule has 0 saturated carbocycles. The Balaban J connectivity index is 1.54. The van der Waals surface area contributed by atoms with Gasteiger partial charge in [0.15, 0.2) is 0 Å². The molecule has 6 heteroatoms. The lowest BCUT2D eigenvalue weighted by atomic mass is 10.2. The predicted molar refractivity (Wildman–Crippen MR) is 94.8 cm³/mol. The molecule has 4 aromatic rings. The van der Waals surface area contributed by atoms with Crippen molar-refractivity contribution in [2.75, 3.05) is 5.43 Å².